The van der Waals surface area contributed by atoms with E-state index in [9.17, 15) is 4.79 Å². The van der Waals surface area contributed by atoms with E-state index in [-0.39, 0.29) is 11.9 Å². The molecule has 1 saturated heterocycles. The van der Waals surface area contributed by atoms with E-state index in [0.29, 0.717) is 13.2 Å². The first-order chi connectivity index (χ1) is 10.2. The van der Waals surface area contributed by atoms with Gasteiger partial charge in [0.2, 0.25) is 0 Å². The predicted molar refractivity (Wildman–Crippen MR) is 77.1 cm³/mol. The highest BCUT2D eigenvalue weighted by molar-refractivity contribution is 7.11. The van der Waals surface area contributed by atoms with Crippen LogP contribution in [-0.2, 0) is 11.3 Å². The molecule has 0 radical (unpaired) electrons. The van der Waals surface area contributed by atoms with Gasteiger partial charge in [-0.25, -0.2) is 9.67 Å². The van der Waals surface area contributed by atoms with Crippen LogP contribution < -0.4 is 0 Å². The third-order valence-electron chi connectivity index (χ3n) is 3.61. The van der Waals surface area contributed by atoms with E-state index < -0.39 is 0 Å². The molecule has 0 saturated carbocycles. The number of nitrogens with zero attached hydrogens (tertiary/aromatic N) is 5. The lowest BCUT2D eigenvalue weighted by Crippen LogP contribution is -2.29. The minimum Gasteiger partial charge on any atom is -0.378 e. The molecule has 2 aromatic heterocycles. The molecule has 1 aliphatic heterocycles. The second-order valence-corrected chi connectivity index (χ2v) is 5.94. The van der Waals surface area contributed by atoms with E-state index in [1.165, 1.54) is 11.3 Å². The fraction of sp³-hybridized carbons (Fsp3) is 0.538. The highest BCUT2D eigenvalue weighted by atomic mass is 32.1. The second-order valence-electron chi connectivity index (χ2n) is 5.08. The first-order valence-corrected chi connectivity index (χ1v) is 7.66. The molecule has 1 aliphatic rings. The Morgan fingerprint density at radius 3 is 3.14 bits per heavy atom. The molecule has 21 heavy (non-hydrogen) atoms. The average molecular weight is 307 g/mol. The van der Waals surface area contributed by atoms with Crippen molar-refractivity contribution in [3.05, 3.63) is 28.0 Å². The summed E-state index contributed by atoms with van der Waals surface area (Å²) in [5.74, 6) is 0.0646. The number of carbonyl (C=O) groups excluding carboxylic acids is 1. The van der Waals surface area contributed by atoms with Crippen molar-refractivity contribution < 1.29 is 9.53 Å². The van der Waals surface area contributed by atoms with Crippen LogP contribution in [0, 0.1) is 6.92 Å². The first-order valence-electron chi connectivity index (χ1n) is 6.78. The second kappa shape index (κ2) is 5.90. The highest BCUT2D eigenvalue weighted by Gasteiger charge is 2.30. The van der Waals surface area contributed by atoms with Gasteiger partial charge in [-0.1, -0.05) is 5.21 Å². The summed E-state index contributed by atoms with van der Waals surface area (Å²) in [6, 6.07) is 0.181. The van der Waals surface area contributed by atoms with Crippen LogP contribution in [0.5, 0.6) is 0 Å². The van der Waals surface area contributed by atoms with Crippen LogP contribution in [0.3, 0.4) is 0 Å². The molecular weight excluding hydrogens is 290 g/mol. The fourth-order valence-corrected chi connectivity index (χ4v) is 3.27. The van der Waals surface area contributed by atoms with Crippen LogP contribution in [0.25, 0.3) is 0 Å². The van der Waals surface area contributed by atoms with Crippen molar-refractivity contribution in [1.82, 2.24) is 24.9 Å². The normalized spacial score (nSPS) is 18.4. The van der Waals surface area contributed by atoms with Crippen LogP contribution in [-0.4, -0.2) is 51.0 Å². The van der Waals surface area contributed by atoms with Gasteiger partial charge in [-0.15, -0.1) is 16.4 Å². The zero-order chi connectivity index (χ0) is 14.8. The van der Waals surface area contributed by atoms with E-state index in [1.807, 2.05) is 22.7 Å². The lowest BCUT2D eigenvalue weighted by atomic mass is 10.3. The summed E-state index contributed by atoms with van der Waals surface area (Å²) in [5.41, 5.74) is 3.32. The predicted octanol–water partition coefficient (Wildman–Crippen LogP) is 1.28. The van der Waals surface area contributed by atoms with Crippen molar-refractivity contribution in [2.75, 3.05) is 20.2 Å². The fourth-order valence-electron chi connectivity index (χ4n) is 2.50. The Kier molecular flexibility index (Phi) is 3.98. The quantitative estimate of drug-likeness (QED) is 0.850. The van der Waals surface area contributed by atoms with Gasteiger partial charge in [0.15, 0.2) is 0 Å². The van der Waals surface area contributed by atoms with E-state index >= 15 is 0 Å². The van der Waals surface area contributed by atoms with Gasteiger partial charge in [-0.3, -0.25) is 4.79 Å². The monoisotopic (exact) mass is 307 g/mol. The molecule has 8 heteroatoms. The molecular formula is C13H17N5O2S. The lowest BCUT2D eigenvalue weighted by Gasteiger charge is -2.15. The van der Waals surface area contributed by atoms with E-state index in [2.05, 4.69) is 15.3 Å². The maximum Gasteiger partial charge on any atom is 0.265 e. The number of aryl methyl sites for hydroxylation is 1. The zero-order valence-electron chi connectivity index (χ0n) is 12.0. The first kappa shape index (κ1) is 14.2. The van der Waals surface area contributed by atoms with Crippen molar-refractivity contribution in [3.63, 3.8) is 0 Å². The Balaban J connectivity index is 1.67. The standard InChI is InChI=1S/C13H17N5O2S/c1-9-12(21-8-14-9)13(19)17-4-3-11(6-17)18-5-10(7-20-2)15-16-18/h5,8,11H,3-4,6-7H2,1-2H3. The molecule has 1 unspecified atom stereocenters. The molecule has 0 aliphatic carbocycles. The van der Waals surface area contributed by atoms with Gasteiger partial charge in [-0.05, 0) is 13.3 Å². The van der Waals surface area contributed by atoms with Crippen molar-refractivity contribution in [2.24, 2.45) is 0 Å². The summed E-state index contributed by atoms with van der Waals surface area (Å²) in [4.78, 5) is 19.2. The summed E-state index contributed by atoms with van der Waals surface area (Å²) in [5, 5.41) is 8.19. The number of ether oxygens (including phenoxy) is 1. The number of amides is 1. The molecule has 0 N–H and O–H groups in total. The maximum atomic E-state index is 12.4. The van der Waals surface area contributed by atoms with Crippen molar-refractivity contribution in [1.29, 1.82) is 0 Å². The minimum absolute atomic E-state index is 0.0646. The Morgan fingerprint density at radius 1 is 1.57 bits per heavy atom. The Morgan fingerprint density at radius 2 is 2.43 bits per heavy atom. The van der Waals surface area contributed by atoms with Gasteiger partial charge < -0.3 is 9.64 Å². The van der Waals surface area contributed by atoms with E-state index in [4.69, 9.17) is 4.74 Å². The minimum atomic E-state index is 0.0646. The average Bonchev–Trinajstić information content (AvgIpc) is 3.17. The molecule has 0 spiro atoms. The molecule has 1 atom stereocenters. The number of rotatable bonds is 4. The van der Waals surface area contributed by atoms with Crippen LogP contribution in [0.15, 0.2) is 11.7 Å². The van der Waals surface area contributed by atoms with Gasteiger partial charge >= 0.3 is 0 Å². The van der Waals surface area contributed by atoms with Gasteiger partial charge in [0.1, 0.15) is 10.6 Å². The largest absolute Gasteiger partial charge is 0.378 e. The molecule has 7 nitrogen and oxygen atoms in total. The maximum absolute atomic E-state index is 12.4. The third-order valence-corrected chi connectivity index (χ3v) is 4.53. The van der Waals surface area contributed by atoms with E-state index in [1.54, 1.807) is 12.6 Å². The number of likely N-dealkylation sites (tertiary alicyclic amines) is 1. The number of thiazole rings is 1. The van der Waals surface area contributed by atoms with Crippen LogP contribution in [0.2, 0.25) is 0 Å². The topological polar surface area (TPSA) is 73.1 Å². The van der Waals surface area contributed by atoms with Gasteiger partial charge in [0, 0.05) is 20.2 Å². The Bertz CT molecular complexity index is 638. The molecule has 2 aromatic rings. The zero-order valence-corrected chi connectivity index (χ0v) is 12.8. The van der Waals surface area contributed by atoms with Crippen molar-refractivity contribution >= 4 is 17.2 Å². The summed E-state index contributed by atoms with van der Waals surface area (Å²) < 4.78 is 6.87. The SMILES string of the molecule is COCc1cn(C2CCN(C(=O)c3scnc3C)C2)nn1. The number of hydrogen-bond acceptors (Lipinski definition) is 6. The Labute approximate surface area is 126 Å². The lowest BCUT2D eigenvalue weighted by molar-refractivity contribution is 0.0790. The molecule has 3 rings (SSSR count). The smallest absolute Gasteiger partial charge is 0.265 e. The molecule has 0 bridgehead atoms. The Hall–Kier alpha value is -1.80. The van der Waals surface area contributed by atoms with Gasteiger partial charge in [0.25, 0.3) is 5.91 Å². The van der Waals surface area contributed by atoms with Crippen molar-refractivity contribution in [2.45, 2.75) is 26.0 Å². The molecule has 112 valence electrons. The number of carbonyl (C=O) groups is 1. The van der Waals surface area contributed by atoms with E-state index in [0.717, 1.165) is 29.2 Å². The van der Waals surface area contributed by atoms with Gasteiger partial charge in [-0.2, -0.15) is 0 Å². The molecule has 1 fully saturated rings. The van der Waals surface area contributed by atoms with Crippen molar-refractivity contribution in [3.8, 4) is 0 Å². The van der Waals surface area contributed by atoms with Crippen LogP contribution >= 0.6 is 11.3 Å². The molecule has 0 aromatic carbocycles. The molecule has 1 amide bonds. The summed E-state index contributed by atoms with van der Waals surface area (Å²) in [6.07, 6.45) is 2.78. The highest BCUT2D eigenvalue weighted by Crippen LogP contribution is 2.24. The number of hydrogen-bond donors (Lipinski definition) is 0. The van der Waals surface area contributed by atoms with Gasteiger partial charge in [0.05, 0.1) is 30.1 Å². The number of aromatic nitrogens is 4. The number of methoxy groups -OCH3 is 1. The summed E-state index contributed by atoms with van der Waals surface area (Å²) >= 11 is 1.40. The van der Waals surface area contributed by atoms with Crippen LogP contribution in [0.1, 0.15) is 33.5 Å². The molecule has 3 heterocycles. The van der Waals surface area contributed by atoms with Crippen LogP contribution in [0.4, 0.5) is 0 Å². The summed E-state index contributed by atoms with van der Waals surface area (Å²) in [7, 11) is 1.63. The summed E-state index contributed by atoms with van der Waals surface area (Å²) in [6.45, 7) is 3.72. The third kappa shape index (κ3) is 2.81.